The van der Waals surface area contributed by atoms with Crippen molar-refractivity contribution >= 4 is 11.2 Å². The molecule has 0 radical (unpaired) electrons. The summed E-state index contributed by atoms with van der Waals surface area (Å²) in [6.07, 6.45) is 6.18. The predicted molar refractivity (Wildman–Crippen MR) is 96.2 cm³/mol. The number of rotatable bonds is 5. The van der Waals surface area contributed by atoms with Gasteiger partial charge in [0.1, 0.15) is 24.0 Å². The molecule has 0 aliphatic heterocycles. The van der Waals surface area contributed by atoms with Crippen LogP contribution < -0.4 is 0 Å². The van der Waals surface area contributed by atoms with Crippen molar-refractivity contribution in [1.82, 2.24) is 34.5 Å². The fourth-order valence-electron chi connectivity index (χ4n) is 3.16. The number of hydrogen-bond acceptors (Lipinski definition) is 4. The number of aromatic amines is 1. The van der Waals surface area contributed by atoms with Crippen LogP contribution in [0.25, 0.3) is 22.6 Å². The van der Waals surface area contributed by atoms with Crippen molar-refractivity contribution in [3.05, 3.63) is 47.7 Å². The van der Waals surface area contributed by atoms with Crippen LogP contribution in [-0.4, -0.2) is 34.5 Å². The molecule has 1 N–H and O–H groups in total. The lowest BCUT2D eigenvalue weighted by Crippen LogP contribution is -2.03. The highest BCUT2D eigenvalue weighted by molar-refractivity contribution is 5.77. The molecule has 0 saturated carbocycles. The van der Waals surface area contributed by atoms with Crippen molar-refractivity contribution < 1.29 is 0 Å². The summed E-state index contributed by atoms with van der Waals surface area (Å²) < 4.78 is 3.79. The van der Waals surface area contributed by atoms with Crippen molar-refractivity contribution in [3.63, 3.8) is 0 Å². The Morgan fingerprint density at radius 1 is 1.12 bits per heavy atom. The van der Waals surface area contributed by atoms with Crippen molar-refractivity contribution in [2.24, 2.45) is 0 Å². The largest absolute Gasteiger partial charge is 0.335 e. The molecule has 7 heteroatoms. The van der Waals surface area contributed by atoms with Crippen LogP contribution in [0.2, 0.25) is 0 Å². The maximum Gasteiger partial charge on any atom is 0.176 e. The summed E-state index contributed by atoms with van der Waals surface area (Å²) in [7, 11) is 0. The lowest BCUT2D eigenvalue weighted by molar-refractivity contribution is 0.617. The van der Waals surface area contributed by atoms with Crippen molar-refractivity contribution in [3.8, 4) is 11.4 Å². The number of fused-ring (bicyclic) bond motifs is 1. The minimum Gasteiger partial charge on any atom is -0.335 e. The molecule has 0 saturated heterocycles. The summed E-state index contributed by atoms with van der Waals surface area (Å²) in [6.45, 7) is 7.96. The predicted octanol–water partition coefficient (Wildman–Crippen LogP) is 3.09. The second kappa shape index (κ2) is 6.16. The summed E-state index contributed by atoms with van der Waals surface area (Å²) in [4.78, 5) is 12.2. The Balaban J connectivity index is 1.76. The summed E-state index contributed by atoms with van der Waals surface area (Å²) in [5, 5.41) is 8.59. The Morgan fingerprint density at radius 3 is 2.76 bits per heavy atom. The highest BCUT2D eigenvalue weighted by Crippen LogP contribution is 2.27. The molecule has 4 aromatic rings. The number of nitrogens with zero attached hydrogens (tertiary/aromatic N) is 6. The number of aromatic nitrogens is 7. The third-order valence-corrected chi connectivity index (χ3v) is 4.45. The van der Waals surface area contributed by atoms with Gasteiger partial charge >= 0.3 is 0 Å². The van der Waals surface area contributed by atoms with Gasteiger partial charge in [0.2, 0.25) is 0 Å². The highest BCUT2D eigenvalue weighted by atomic mass is 15.3. The lowest BCUT2D eigenvalue weighted by atomic mass is 9.99. The van der Waals surface area contributed by atoms with Gasteiger partial charge in [-0.3, -0.25) is 0 Å². The third-order valence-electron chi connectivity index (χ3n) is 4.45. The van der Waals surface area contributed by atoms with E-state index in [0.29, 0.717) is 6.54 Å². The van der Waals surface area contributed by atoms with Crippen LogP contribution in [-0.2, 0) is 13.1 Å². The molecule has 0 fully saturated rings. The highest BCUT2D eigenvalue weighted by Gasteiger charge is 2.14. The Labute approximate surface area is 145 Å². The maximum absolute atomic E-state index is 4.80. The van der Waals surface area contributed by atoms with E-state index in [9.17, 15) is 0 Å². The molecule has 25 heavy (non-hydrogen) atoms. The number of nitrogens with one attached hydrogen (secondary N) is 1. The first-order valence-corrected chi connectivity index (χ1v) is 8.50. The number of H-pyrrole nitrogens is 1. The minimum absolute atomic E-state index is 0.697. The van der Waals surface area contributed by atoms with E-state index in [4.69, 9.17) is 4.98 Å². The number of imidazole rings is 1. The van der Waals surface area contributed by atoms with Gasteiger partial charge in [0.15, 0.2) is 5.65 Å². The standard InChI is InChI=1S/C18H21N7/c1-4-5-25-18-16(8-20-25)22-17(23-18)15-7-14(12(2)6-13(15)3)9-24-11-19-10-21-24/h6-8,10-11H,4-5,9H2,1-3H3,(H,22,23). The second-order valence-corrected chi connectivity index (χ2v) is 6.38. The van der Waals surface area contributed by atoms with Gasteiger partial charge < -0.3 is 4.98 Å². The lowest BCUT2D eigenvalue weighted by Gasteiger charge is -2.11. The molecule has 3 heterocycles. The molecule has 3 aromatic heterocycles. The smallest absolute Gasteiger partial charge is 0.176 e. The molecular weight excluding hydrogens is 314 g/mol. The summed E-state index contributed by atoms with van der Waals surface area (Å²) >= 11 is 0. The van der Waals surface area contributed by atoms with Crippen LogP contribution in [0.3, 0.4) is 0 Å². The van der Waals surface area contributed by atoms with E-state index >= 15 is 0 Å². The van der Waals surface area contributed by atoms with Crippen LogP contribution in [0, 0.1) is 13.8 Å². The van der Waals surface area contributed by atoms with Gasteiger partial charge in [-0.25, -0.2) is 19.3 Å². The van der Waals surface area contributed by atoms with E-state index in [2.05, 4.69) is 53.1 Å². The number of hydrogen-bond donors (Lipinski definition) is 1. The summed E-state index contributed by atoms with van der Waals surface area (Å²) in [5.41, 5.74) is 6.65. The molecule has 0 bridgehead atoms. The normalized spacial score (nSPS) is 11.5. The zero-order valence-electron chi connectivity index (χ0n) is 14.7. The average Bonchev–Trinajstić information content (AvgIpc) is 3.29. The molecule has 1 aromatic carbocycles. The summed E-state index contributed by atoms with van der Waals surface area (Å²) in [5.74, 6) is 0.884. The van der Waals surface area contributed by atoms with E-state index in [0.717, 1.165) is 35.5 Å². The van der Waals surface area contributed by atoms with Gasteiger partial charge in [-0.2, -0.15) is 10.2 Å². The Bertz CT molecular complexity index is 1010. The molecule has 0 unspecified atom stereocenters. The fourth-order valence-corrected chi connectivity index (χ4v) is 3.16. The molecular formula is C18H21N7. The zero-order valence-corrected chi connectivity index (χ0v) is 14.7. The average molecular weight is 335 g/mol. The van der Waals surface area contributed by atoms with Gasteiger partial charge in [-0.1, -0.05) is 13.0 Å². The molecule has 0 amide bonds. The zero-order chi connectivity index (χ0) is 17.4. The molecule has 0 aliphatic carbocycles. The fraction of sp³-hybridized carbons (Fsp3) is 0.333. The van der Waals surface area contributed by atoms with E-state index < -0.39 is 0 Å². The second-order valence-electron chi connectivity index (χ2n) is 6.38. The van der Waals surface area contributed by atoms with Gasteiger partial charge in [0, 0.05) is 12.1 Å². The summed E-state index contributed by atoms with van der Waals surface area (Å²) in [6, 6.07) is 4.40. The van der Waals surface area contributed by atoms with Gasteiger partial charge in [-0.15, -0.1) is 0 Å². The Morgan fingerprint density at radius 2 is 2.00 bits per heavy atom. The molecule has 0 atom stereocenters. The van der Waals surface area contributed by atoms with E-state index in [1.54, 1.807) is 12.7 Å². The SMILES string of the molecule is CCCn1ncc2[nH]c(-c3cc(Cn4cncn4)c(C)cc3C)nc21. The number of benzene rings is 1. The van der Waals surface area contributed by atoms with Gasteiger partial charge in [0.25, 0.3) is 0 Å². The van der Waals surface area contributed by atoms with Gasteiger partial charge in [0.05, 0.1) is 12.7 Å². The first-order chi connectivity index (χ1) is 12.2. The minimum atomic E-state index is 0.697. The molecule has 0 aliphatic rings. The maximum atomic E-state index is 4.80. The van der Waals surface area contributed by atoms with Crippen LogP contribution >= 0.6 is 0 Å². The first-order valence-electron chi connectivity index (χ1n) is 8.50. The van der Waals surface area contributed by atoms with Crippen molar-refractivity contribution in [2.45, 2.75) is 40.3 Å². The van der Waals surface area contributed by atoms with Crippen LogP contribution in [0.5, 0.6) is 0 Å². The van der Waals surface area contributed by atoms with Crippen molar-refractivity contribution in [1.29, 1.82) is 0 Å². The topological polar surface area (TPSA) is 77.2 Å². The van der Waals surface area contributed by atoms with Crippen LogP contribution in [0.4, 0.5) is 0 Å². The third kappa shape index (κ3) is 2.82. The number of aryl methyl sites for hydroxylation is 3. The molecule has 4 rings (SSSR count). The molecule has 7 nitrogen and oxygen atoms in total. The molecule has 0 spiro atoms. The first kappa shape index (κ1) is 15.6. The van der Waals surface area contributed by atoms with E-state index in [1.165, 1.54) is 16.7 Å². The quantitative estimate of drug-likeness (QED) is 0.608. The van der Waals surface area contributed by atoms with Crippen LogP contribution in [0.1, 0.15) is 30.0 Å². The Kier molecular flexibility index (Phi) is 3.83. The molecule has 128 valence electrons. The van der Waals surface area contributed by atoms with E-state index in [1.807, 2.05) is 15.6 Å². The monoisotopic (exact) mass is 335 g/mol. The van der Waals surface area contributed by atoms with E-state index in [-0.39, 0.29) is 0 Å². The van der Waals surface area contributed by atoms with Gasteiger partial charge in [-0.05, 0) is 43.0 Å². The van der Waals surface area contributed by atoms with Crippen LogP contribution in [0.15, 0.2) is 31.0 Å². The van der Waals surface area contributed by atoms with Crippen molar-refractivity contribution in [2.75, 3.05) is 0 Å². The Hall–Kier alpha value is -2.96.